The van der Waals surface area contributed by atoms with Crippen LogP contribution in [0.15, 0.2) is 42.5 Å². The fraction of sp³-hybridized carbons (Fsp3) is 0.364. The van der Waals surface area contributed by atoms with Crippen LogP contribution >= 0.6 is 0 Å². The second kappa shape index (κ2) is 10.0. The molecular formula is C22H28N4O5S. The first-order chi connectivity index (χ1) is 15.2. The van der Waals surface area contributed by atoms with E-state index in [0.29, 0.717) is 31.9 Å². The molecule has 0 spiro atoms. The molecule has 1 saturated heterocycles. The smallest absolute Gasteiger partial charge is 0.337 e. The normalized spacial score (nSPS) is 14.8. The van der Waals surface area contributed by atoms with Crippen molar-refractivity contribution < 1.29 is 23.1 Å². The second-order valence-corrected chi connectivity index (χ2v) is 9.73. The predicted molar refractivity (Wildman–Crippen MR) is 125 cm³/mol. The van der Waals surface area contributed by atoms with Crippen molar-refractivity contribution >= 4 is 39.0 Å². The van der Waals surface area contributed by atoms with Crippen molar-refractivity contribution in [1.82, 2.24) is 4.90 Å². The summed E-state index contributed by atoms with van der Waals surface area (Å²) < 4.78 is 26.0. The molecule has 32 heavy (non-hydrogen) atoms. The van der Waals surface area contributed by atoms with Crippen LogP contribution in [0.25, 0.3) is 0 Å². The van der Waals surface area contributed by atoms with Crippen LogP contribution in [0.4, 0.5) is 17.1 Å². The van der Waals surface area contributed by atoms with Gasteiger partial charge in [0.05, 0.1) is 23.5 Å². The molecule has 2 aromatic rings. The molecule has 0 bridgehead atoms. The highest BCUT2D eigenvalue weighted by Gasteiger charge is 2.22. The lowest BCUT2D eigenvalue weighted by molar-refractivity contribution is -0.117. The molecule has 1 amide bonds. The Bertz CT molecular complexity index is 1100. The molecule has 0 atom stereocenters. The van der Waals surface area contributed by atoms with Crippen LogP contribution in [0, 0.1) is 6.92 Å². The molecule has 1 heterocycles. The van der Waals surface area contributed by atoms with Gasteiger partial charge in [0, 0.05) is 37.6 Å². The van der Waals surface area contributed by atoms with Gasteiger partial charge in [-0.25, -0.2) is 13.2 Å². The molecule has 0 aliphatic carbocycles. The minimum Gasteiger partial charge on any atom is -0.478 e. The topological polar surface area (TPSA) is 119 Å². The maximum absolute atomic E-state index is 12.4. The van der Waals surface area contributed by atoms with E-state index in [1.807, 2.05) is 41.0 Å². The quantitative estimate of drug-likeness (QED) is 0.553. The summed E-state index contributed by atoms with van der Waals surface area (Å²) in [5, 5.41) is 12.4. The van der Waals surface area contributed by atoms with Crippen molar-refractivity contribution in [2.45, 2.75) is 13.8 Å². The maximum Gasteiger partial charge on any atom is 0.337 e. The Morgan fingerprint density at radius 3 is 2.41 bits per heavy atom. The van der Waals surface area contributed by atoms with Gasteiger partial charge in [-0.2, -0.15) is 0 Å². The lowest BCUT2D eigenvalue weighted by atomic mass is 10.1. The molecule has 172 valence electrons. The van der Waals surface area contributed by atoms with E-state index in [1.165, 1.54) is 19.1 Å². The average molecular weight is 461 g/mol. The molecule has 2 aromatic carbocycles. The van der Waals surface area contributed by atoms with E-state index in [2.05, 4.69) is 10.0 Å². The largest absolute Gasteiger partial charge is 0.478 e. The van der Waals surface area contributed by atoms with Gasteiger partial charge in [-0.05, 0) is 49.7 Å². The number of nitrogens with one attached hydrogen (secondary N) is 2. The first kappa shape index (κ1) is 23.6. The Hall–Kier alpha value is -3.11. The maximum atomic E-state index is 12.4. The third kappa shape index (κ3) is 6.21. The highest BCUT2D eigenvalue weighted by atomic mass is 32.2. The monoisotopic (exact) mass is 460 g/mol. The first-order valence-corrected chi connectivity index (χ1v) is 12.0. The standard InChI is InChI=1S/C22H28N4O5S/c1-3-32(30,31)24-20-8-7-18(14-19(20)22(28)29)26-11-9-25(10-12-26)15-21(27)23-17-6-4-5-16(2)13-17/h4-8,13-14,24H,3,9-12,15H2,1-2H3,(H,23,27)(H,28,29). The number of nitrogens with zero attached hydrogens (tertiary/aromatic N) is 2. The van der Waals surface area contributed by atoms with Gasteiger partial charge in [0.2, 0.25) is 15.9 Å². The number of sulfonamides is 1. The lowest BCUT2D eigenvalue weighted by Crippen LogP contribution is -2.48. The highest BCUT2D eigenvalue weighted by molar-refractivity contribution is 7.92. The van der Waals surface area contributed by atoms with Gasteiger partial charge < -0.3 is 15.3 Å². The molecule has 1 aliphatic rings. The van der Waals surface area contributed by atoms with Gasteiger partial charge >= 0.3 is 5.97 Å². The highest BCUT2D eigenvalue weighted by Crippen LogP contribution is 2.25. The number of carbonyl (C=O) groups excluding carboxylic acids is 1. The number of carboxylic acid groups (broad SMARTS) is 1. The Balaban J connectivity index is 1.60. The summed E-state index contributed by atoms with van der Waals surface area (Å²) in [6.07, 6.45) is 0. The summed E-state index contributed by atoms with van der Waals surface area (Å²) in [5.74, 6) is -1.43. The van der Waals surface area contributed by atoms with Crippen molar-refractivity contribution in [2.75, 3.05) is 53.4 Å². The molecule has 0 radical (unpaired) electrons. The van der Waals surface area contributed by atoms with Crippen molar-refractivity contribution in [2.24, 2.45) is 0 Å². The number of hydrogen-bond donors (Lipinski definition) is 3. The van der Waals surface area contributed by atoms with Gasteiger partial charge in [0.1, 0.15) is 0 Å². The van der Waals surface area contributed by atoms with Gasteiger partial charge in [-0.1, -0.05) is 12.1 Å². The average Bonchev–Trinajstić information content (AvgIpc) is 2.74. The number of rotatable bonds is 8. The number of benzene rings is 2. The van der Waals surface area contributed by atoms with Crippen LogP contribution in [0.3, 0.4) is 0 Å². The van der Waals surface area contributed by atoms with Gasteiger partial charge in [-0.15, -0.1) is 0 Å². The van der Waals surface area contributed by atoms with E-state index in [9.17, 15) is 23.1 Å². The predicted octanol–water partition coefficient (Wildman–Crippen LogP) is 2.22. The Morgan fingerprint density at radius 2 is 1.78 bits per heavy atom. The third-order valence-corrected chi connectivity index (χ3v) is 6.58. The number of anilines is 3. The third-order valence-electron chi connectivity index (χ3n) is 5.29. The number of hydrogen-bond acceptors (Lipinski definition) is 6. The summed E-state index contributed by atoms with van der Waals surface area (Å²) in [5.41, 5.74) is 2.50. The van der Waals surface area contributed by atoms with Crippen molar-refractivity contribution in [3.8, 4) is 0 Å². The summed E-state index contributed by atoms with van der Waals surface area (Å²) in [4.78, 5) is 28.1. The molecule has 0 unspecified atom stereocenters. The van der Waals surface area contributed by atoms with Crippen LogP contribution in [-0.4, -0.2) is 68.8 Å². The SMILES string of the molecule is CCS(=O)(=O)Nc1ccc(N2CCN(CC(=O)Nc3cccc(C)c3)CC2)cc1C(=O)O. The summed E-state index contributed by atoms with van der Waals surface area (Å²) in [7, 11) is -3.58. The van der Waals surface area contributed by atoms with E-state index in [4.69, 9.17) is 0 Å². The zero-order valence-corrected chi connectivity index (χ0v) is 19.0. The van der Waals surface area contributed by atoms with Crippen LogP contribution in [0.5, 0.6) is 0 Å². The van der Waals surface area contributed by atoms with Crippen molar-refractivity contribution in [3.63, 3.8) is 0 Å². The molecule has 9 nitrogen and oxygen atoms in total. The van der Waals surface area contributed by atoms with Crippen LogP contribution in [-0.2, 0) is 14.8 Å². The fourth-order valence-electron chi connectivity index (χ4n) is 3.53. The molecule has 3 rings (SSSR count). The molecule has 0 aromatic heterocycles. The zero-order valence-electron chi connectivity index (χ0n) is 18.2. The number of aryl methyl sites for hydroxylation is 1. The number of carbonyl (C=O) groups is 2. The van der Waals surface area contributed by atoms with E-state index in [-0.39, 0.29) is 29.5 Å². The fourth-order valence-corrected chi connectivity index (χ4v) is 4.18. The van der Waals surface area contributed by atoms with Crippen LogP contribution < -0.4 is 14.9 Å². The molecule has 1 fully saturated rings. The van der Waals surface area contributed by atoms with Crippen molar-refractivity contribution in [3.05, 3.63) is 53.6 Å². The summed E-state index contributed by atoms with van der Waals surface area (Å²) >= 11 is 0. The summed E-state index contributed by atoms with van der Waals surface area (Å²) in [6, 6.07) is 12.3. The molecule has 0 saturated carbocycles. The number of carboxylic acids is 1. The zero-order chi connectivity index (χ0) is 23.3. The molecule has 3 N–H and O–H groups in total. The number of piperazine rings is 1. The van der Waals surface area contributed by atoms with Crippen molar-refractivity contribution in [1.29, 1.82) is 0 Å². The molecule has 1 aliphatic heterocycles. The molecule has 10 heteroatoms. The minimum absolute atomic E-state index is 0.0505. The van der Waals surface area contributed by atoms with Gasteiger partial charge in [0.15, 0.2) is 0 Å². The van der Waals surface area contributed by atoms with E-state index in [0.717, 1.165) is 11.3 Å². The Labute approximate surface area is 188 Å². The van der Waals surface area contributed by atoms with E-state index < -0.39 is 16.0 Å². The first-order valence-electron chi connectivity index (χ1n) is 10.4. The van der Waals surface area contributed by atoms with Crippen LogP contribution in [0.1, 0.15) is 22.8 Å². The van der Waals surface area contributed by atoms with Gasteiger partial charge in [-0.3, -0.25) is 14.4 Å². The van der Waals surface area contributed by atoms with E-state index in [1.54, 1.807) is 6.07 Å². The van der Waals surface area contributed by atoms with E-state index >= 15 is 0 Å². The number of amides is 1. The Kier molecular flexibility index (Phi) is 7.37. The van der Waals surface area contributed by atoms with Crippen LogP contribution in [0.2, 0.25) is 0 Å². The molecular weight excluding hydrogens is 432 g/mol. The summed E-state index contributed by atoms with van der Waals surface area (Å²) in [6.45, 7) is 6.27. The van der Waals surface area contributed by atoms with Gasteiger partial charge in [0.25, 0.3) is 0 Å². The number of aromatic carboxylic acids is 1. The Morgan fingerprint density at radius 1 is 1.06 bits per heavy atom. The lowest BCUT2D eigenvalue weighted by Gasteiger charge is -2.36. The second-order valence-electron chi connectivity index (χ2n) is 7.72. The minimum atomic E-state index is -3.58.